The maximum atomic E-state index is 12.0. The lowest BCUT2D eigenvalue weighted by Gasteiger charge is -2.06. The van der Waals surface area contributed by atoms with E-state index in [0.29, 0.717) is 11.7 Å². The van der Waals surface area contributed by atoms with Gasteiger partial charge in [0.05, 0.1) is 15.6 Å². The van der Waals surface area contributed by atoms with E-state index in [2.05, 4.69) is 4.98 Å². The maximum Gasteiger partial charge on any atom is 0.174 e. The van der Waals surface area contributed by atoms with Crippen molar-refractivity contribution in [2.24, 2.45) is 5.92 Å². The third-order valence-electron chi connectivity index (χ3n) is 3.11. The lowest BCUT2D eigenvalue weighted by molar-refractivity contribution is 0.0965. The second-order valence-corrected chi connectivity index (χ2v) is 5.63. The molecule has 1 aliphatic carbocycles. The molecule has 0 amide bonds. The zero-order valence-electron chi connectivity index (χ0n) is 9.38. The first kappa shape index (κ1) is 10.8. The van der Waals surface area contributed by atoms with Crippen molar-refractivity contribution < 1.29 is 4.79 Å². The lowest BCUT2D eigenvalue weighted by Crippen LogP contribution is -2.05. The van der Waals surface area contributed by atoms with Crippen molar-refractivity contribution in [1.82, 2.24) is 4.98 Å². The average molecular weight is 223 g/mol. The summed E-state index contributed by atoms with van der Waals surface area (Å²) in [6, 6.07) is 0. The summed E-state index contributed by atoms with van der Waals surface area (Å²) in [6.45, 7) is 3.90. The van der Waals surface area contributed by atoms with E-state index in [0.717, 1.165) is 22.0 Å². The van der Waals surface area contributed by atoms with Crippen molar-refractivity contribution in [2.75, 3.05) is 0 Å². The minimum absolute atomic E-state index is 0.310. The summed E-state index contributed by atoms with van der Waals surface area (Å²) in [4.78, 5) is 17.2. The van der Waals surface area contributed by atoms with Crippen molar-refractivity contribution in [3.63, 3.8) is 0 Å². The minimum Gasteiger partial charge on any atom is -0.293 e. The summed E-state index contributed by atoms with van der Waals surface area (Å²) in [5, 5.41) is 1.00. The fourth-order valence-electron chi connectivity index (χ4n) is 2.36. The number of Topliss-reactive ketones (excluding diaryl/α,β-unsaturated/α-hetero) is 1. The van der Waals surface area contributed by atoms with Crippen LogP contribution in [0.25, 0.3) is 0 Å². The average Bonchev–Trinajstić information content (AvgIpc) is 2.75. The third kappa shape index (κ3) is 2.46. The summed E-state index contributed by atoms with van der Waals surface area (Å²) >= 11 is 1.55. The molecule has 1 aliphatic rings. The van der Waals surface area contributed by atoms with Gasteiger partial charge in [0.15, 0.2) is 5.78 Å². The second-order valence-electron chi connectivity index (χ2n) is 4.43. The molecule has 0 atom stereocenters. The fraction of sp³-hybridized carbons (Fsp3) is 0.667. The zero-order valence-corrected chi connectivity index (χ0v) is 10.2. The molecule has 3 heteroatoms. The largest absolute Gasteiger partial charge is 0.293 e. The fourth-order valence-corrected chi connectivity index (χ4v) is 3.23. The Labute approximate surface area is 94.7 Å². The highest BCUT2D eigenvalue weighted by molar-refractivity contribution is 7.13. The molecular formula is C12H17NOS. The molecule has 1 heterocycles. The van der Waals surface area contributed by atoms with E-state index >= 15 is 0 Å². The number of ketones is 1. The molecule has 0 N–H and O–H groups in total. The number of hydrogen-bond acceptors (Lipinski definition) is 3. The summed E-state index contributed by atoms with van der Waals surface area (Å²) in [7, 11) is 0. The molecular weight excluding hydrogens is 206 g/mol. The molecule has 1 saturated carbocycles. The number of hydrogen-bond donors (Lipinski definition) is 0. The van der Waals surface area contributed by atoms with Crippen LogP contribution in [0.1, 0.15) is 52.5 Å². The SMILES string of the molecule is Cc1nc(C)c(C(=O)CC2CCCC2)s1. The Balaban J connectivity index is 2.03. The number of aromatic nitrogens is 1. The number of rotatable bonds is 3. The van der Waals surface area contributed by atoms with Crippen LogP contribution >= 0.6 is 11.3 Å². The van der Waals surface area contributed by atoms with E-state index in [4.69, 9.17) is 0 Å². The molecule has 1 aromatic heterocycles. The lowest BCUT2D eigenvalue weighted by atomic mass is 10.00. The van der Waals surface area contributed by atoms with Crippen LogP contribution in [0.15, 0.2) is 0 Å². The molecule has 0 aromatic carbocycles. The molecule has 82 valence electrons. The van der Waals surface area contributed by atoms with Crippen LogP contribution in [-0.4, -0.2) is 10.8 Å². The van der Waals surface area contributed by atoms with Gasteiger partial charge < -0.3 is 0 Å². The Hall–Kier alpha value is -0.700. The van der Waals surface area contributed by atoms with Crippen LogP contribution in [0.3, 0.4) is 0 Å². The van der Waals surface area contributed by atoms with Crippen LogP contribution in [0.5, 0.6) is 0 Å². The first-order valence-corrected chi connectivity index (χ1v) is 6.45. The third-order valence-corrected chi connectivity index (χ3v) is 4.22. The summed E-state index contributed by atoms with van der Waals surface area (Å²) in [5.41, 5.74) is 0.917. The van der Waals surface area contributed by atoms with E-state index in [9.17, 15) is 4.79 Å². The molecule has 0 aliphatic heterocycles. The van der Waals surface area contributed by atoms with Gasteiger partial charge in [0.1, 0.15) is 0 Å². The predicted molar refractivity (Wildman–Crippen MR) is 62.5 cm³/mol. The second kappa shape index (κ2) is 4.44. The Morgan fingerprint density at radius 1 is 1.40 bits per heavy atom. The minimum atomic E-state index is 0.310. The number of carbonyl (C=O) groups excluding carboxylic acids is 1. The summed E-state index contributed by atoms with van der Waals surface area (Å²) in [5.74, 6) is 0.948. The van der Waals surface area contributed by atoms with Crippen molar-refractivity contribution in [3.8, 4) is 0 Å². The number of nitrogens with zero attached hydrogens (tertiary/aromatic N) is 1. The number of carbonyl (C=O) groups is 1. The molecule has 1 fully saturated rings. The van der Waals surface area contributed by atoms with Crippen LogP contribution in [0.2, 0.25) is 0 Å². The Morgan fingerprint density at radius 2 is 2.07 bits per heavy atom. The number of aryl methyl sites for hydroxylation is 2. The first-order valence-electron chi connectivity index (χ1n) is 5.64. The molecule has 0 spiro atoms. The highest BCUT2D eigenvalue weighted by atomic mass is 32.1. The predicted octanol–water partition coefficient (Wildman–Crippen LogP) is 3.52. The van der Waals surface area contributed by atoms with Gasteiger partial charge in [-0.3, -0.25) is 4.79 Å². The monoisotopic (exact) mass is 223 g/mol. The van der Waals surface area contributed by atoms with Gasteiger partial charge in [0.25, 0.3) is 0 Å². The van der Waals surface area contributed by atoms with Crippen molar-refractivity contribution >= 4 is 17.1 Å². The topological polar surface area (TPSA) is 30.0 Å². The molecule has 0 saturated heterocycles. The molecule has 0 bridgehead atoms. The van der Waals surface area contributed by atoms with Gasteiger partial charge in [-0.15, -0.1) is 11.3 Å². The van der Waals surface area contributed by atoms with Gasteiger partial charge in [-0.05, 0) is 19.8 Å². The van der Waals surface area contributed by atoms with Gasteiger partial charge in [0, 0.05) is 6.42 Å². The van der Waals surface area contributed by atoms with E-state index in [1.165, 1.54) is 25.7 Å². The highest BCUT2D eigenvalue weighted by Gasteiger charge is 2.21. The van der Waals surface area contributed by atoms with Gasteiger partial charge in [0.2, 0.25) is 0 Å². The highest BCUT2D eigenvalue weighted by Crippen LogP contribution is 2.30. The standard InChI is InChI=1S/C12H17NOS/c1-8-12(15-9(2)13-8)11(14)7-10-5-3-4-6-10/h10H,3-7H2,1-2H3. The Morgan fingerprint density at radius 3 is 2.60 bits per heavy atom. The van der Waals surface area contributed by atoms with E-state index < -0.39 is 0 Å². The van der Waals surface area contributed by atoms with Crippen LogP contribution < -0.4 is 0 Å². The summed E-state index contributed by atoms with van der Waals surface area (Å²) < 4.78 is 0. The van der Waals surface area contributed by atoms with Gasteiger partial charge in [-0.2, -0.15) is 0 Å². The number of thiazole rings is 1. The van der Waals surface area contributed by atoms with Crippen LogP contribution in [0, 0.1) is 19.8 Å². The smallest absolute Gasteiger partial charge is 0.174 e. The summed E-state index contributed by atoms with van der Waals surface area (Å²) in [6.07, 6.45) is 5.82. The maximum absolute atomic E-state index is 12.0. The van der Waals surface area contributed by atoms with Crippen LogP contribution in [0.4, 0.5) is 0 Å². The first-order chi connectivity index (χ1) is 7.16. The molecule has 15 heavy (non-hydrogen) atoms. The Bertz CT molecular complexity index is 364. The van der Waals surface area contributed by atoms with Crippen molar-refractivity contribution in [3.05, 3.63) is 15.6 Å². The van der Waals surface area contributed by atoms with Crippen LogP contribution in [-0.2, 0) is 0 Å². The Kier molecular flexibility index (Phi) is 3.19. The molecule has 1 aromatic rings. The molecule has 0 unspecified atom stereocenters. The molecule has 2 rings (SSSR count). The van der Waals surface area contributed by atoms with E-state index in [1.54, 1.807) is 11.3 Å². The molecule has 2 nitrogen and oxygen atoms in total. The van der Waals surface area contributed by atoms with Gasteiger partial charge in [-0.25, -0.2) is 4.98 Å². The van der Waals surface area contributed by atoms with E-state index in [-0.39, 0.29) is 0 Å². The van der Waals surface area contributed by atoms with E-state index in [1.807, 2.05) is 13.8 Å². The van der Waals surface area contributed by atoms with Crippen molar-refractivity contribution in [1.29, 1.82) is 0 Å². The van der Waals surface area contributed by atoms with Gasteiger partial charge in [-0.1, -0.05) is 25.7 Å². The zero-order chi connectivity index (χ0) is 10.8. The van der Waals surface area contributed by atoms with Gasteiger partial charge >= 0.3 is 0 Å². The van der Waals surface area contributed by atoms with Crippen molar-refractivity contribution in [2.45, 2.75) is 46.0 Å². The normalized spacial score (nSPS) is 17.2. The quantitative estimate of drug-likeness (QED) is 0.734. The molecule has 0 radical (unpaired) electrons.